The highest BCUT2D eigenvalue weighted by Gasteiger charge is 2.21. The smallest absolute Gasteiger partial charge is 0.233 e. The van der Waals surface area contributed by atoms with E-state index in [0.717, 1.165) is 24.9 Å². The molecule has 2 N–H and O–H groups in total. The van der Waals surface area contributed by atoms with E-state index in [1.54, 1.807) is 13.0 Å². The number of halogens is 1. The number of rotatable bonds is 4. The Morgan fingerprint density at radius 1 is 1.47 bits per heavy atom. The molecule has 0 spiro atoms. The molecule has 0 radical (unpaired) electrons. The fourth-order valence-corrected chi connectivity index (χ4v) is 3.78. The Balaban J connectivity index is 2.03. The van der Waals surface area contributed by atoms with Crippen LogP contribution < -0.4 is 10.0 Å². The second kappa shape index (κ2) is 5.88. The Hall–Kier alpha value is -1.14. The molecule has 4 nitrogen and oxygen atoms in total. The molecule has 1 aliphatic rings. The topological polar surface area (TPSA) is 58.2 Å². The van der Waals surface area contributed by atoms with Crippen LogP contribution >= 0.6 is 0 Å². The van der Waals surface area contributed by atoms with Gasteiger partial charge in [0.2, 0.25) is 10.0 Å². The average molecular weight is 286 g/mol. The van der Waals surface area contributed by atoms with Gasteiger partial charge in [0.05, 0.1) is 11.4 Å². The maximum atomic E-state index is 13.6. The van der Waals surface area contributed by atoms with E-state index in [-0.39, 0.29) is 17.4 Å². The van der Waals surface area contributed by atoms with Crippen LogP contribution in [0.5, 0.6) is 0 Å². The van der Waals surface area contributed by atoms with Gasteiger partial charge >= 0.3 is 0 Å². The number of hydrogen-bond acceptors (Lipinski definition) is 3. The standard InChI is InChI=1S/C13H19FN2O2S/c1-10-4-5-13(12(14)7-10)16-19(17,18)9-11-3-2-6-15-8-11/h4-5,7,11,15-16H,2-3,6,8-9H2,1H3. The second-order valence-electron chi connectivity index (χ2n) is 5.08. The number of benzene rings is 1. The van der Waals surface area contributed by atoms with Gasteiger partial charge in [0.15, 0.2) is 0 Å². The van der Waals surface area contributed by atoms with Crippen LogP contribution in [-0.4, -0.2) is 27.3 Å². The van der Waals surface area contributed by atoms with Crippen molar-refractivity contribution < 1.29 is 12.8 Å². The first-order valence-electron chi connectivity index (χ1n) is 6.44. The highest BCUT2D eigenvalue weighted by molar-refractivity contribution is 7.92. The summed E-state index contributed by atoms with van der Waals surface area (Å²) in [6.07, 6.45) is 1.88. The van der Waals surface area contributed by atoms with Gasteiger partial charge in [-0.1, -0.05) is 6.07 Å². The van der Waals surface area contributed by atoms with E-state index >= 15 is 0 Å². The molecule has 1 saturated heterocycles. The molecule has 2 rings (SSSR count). The summed E-state index contributed by atoms with van der Waals surface area (Å²) < 4.78 is 40.0. The highest BCUT2D eigenvalue weighted by atomic mass is 32.2. The van der Waals surface area contributed by atoms with Gasteiger partial charge in [-0.3, -0.25) is 4.72 Å². The van der Waals surface area contributed by atoms with Gasteiger partial charge in [0, 0.05) is 0 Å². The van der Waals surface area contributed by atoms with E-state index in [9.17, 15) is 12.8 Å². The maximum absolute atomic E-state index is 13.6. The first kappa shape index (κ1) is 14.3. The fraction of sp³-hybridized carbons (Fsp3) is 0.538. The molecule has 1 unspecified atom stereocenters. The Morgan fingerprint density at radius 3 is 2.89 bits per heavy atom. The summed E-state index contributed by atoms with van der Waals surface area (Å²) in [5.41, 5.74) is 0.784. The SMILES string of the molecule is Cc1ccc(NS(=O)(=O)CC2CCCNC2)c(F)c1. The number of aryl methyl sites for hydroxylation is 1. The number of nitrogens with one attached hydrogen (secondary N) is 2. The van der Waals surface area contributed by atoms with Crippen molar-refractivity contribution in [1.82, 2.24) is 5.32 Å². The fourth-order valence-electron chi connectivity index (χ4n) is 2.29. The van der Waals surface area contributed by atoms with E-state index < -0.39 is 15.8 Å². The third kappa shape index (κ3) is 4.18. The van der Waals surface area contributed by atoms with Crippen molar-refractivity contribution in [1.29, 1.82) is 0 Å². The Kier molecular flexibility index (Phi) is 4.42. The first-order chi connectivity index (χ1) is 8.96. The van der Waals surface area contributed by atoms with E-state index in [0.29, 0.717) is 6.54 Å². The van der Waals surface area contributed by atoms with Crippen LogP contribution in [0.3, 0.4) is 0 Å². The minimum Gasteiger partial charge on any atom is -0.316 e. The molecule has 0 aromatic heterocycles. The summed E-state index contributed by atoms with van der Waals surface area (Å²) in [7, 11) is -3.50. The highest BCUT2D eigenvalue weighted by Crippen LogP contribution is 2.19. The molecule has 106 valence electrons. The van der Waals surface area contributed by atoms with Crippen molar-refractivity contribution in [3.63, 3.8) is 0 Å². The number of hydrogen-bond donors (Lipinski definition) is 2. The van der Waals surface area contributed by atoms with Gasteiger partial charge in [-0.05, 0) is 56.5 Å². The summed E-state index contributed by atoms with van der Waals surface area (Å²) >= 11 is 0. The number of sulfonamides is 1. The first-order valence-corrected chi connectivity index (χ1v) is 8.09. The predicted molar refractivity (Wildman–Crippen MR) is 74.1 cm³/mol. The molecule has 1 aliphatic heterocycles. The van der Waals surface area contributed by atoms with Crippen LogP contribution in [0.1, 0.15) is 18.4 Å². The van der Waals surface area contributed by atoms with Gasteiger partial charge in [-0.2, -0.15) is 0 Å². The summed E-state index contributed by atoms with van der Waals surface area (Å²) in [5.74, 6) is -0.405. The van der Waals surface area contributed by atoms with Gasteiger partial charge in [-0.25, -0.2) is 12.8 Å². The van der Waals surface area contributed by atoms with Crippen molar-refractivity contribution in [3.05, 3.63) is 29.6 Å². The molecule has 1 aromatic rings. The maximum Gasteiger partial charge on any atom is 0.233 e. The van der Waals surface area contributed by atoms with Crippen LogP contribution in [0, 0.1) is 18.7 Å². The monoisotopic (exact) mass is 286 g/mol. The Labute approximate surface area is 113 Å². The minimum absolute atomic E-state index is 0.0226. The van der Waals surface area contributed by atoms with Crippen molar-refractivity contribution in [3.8, 4) is 0 Å². The Morgan fingerprint density at radius 2 is 2.26 bits per heavy atom. The lowest BCUT2D eigenvalue weighted by atomic mass is 10.0. The van der Waals surface area contributed by atoms with E-state index in [2.05, 4.69) is 10.0 Å². The minimum atomic E-state index is -3.50. The second-order valence-corrected chi connectivity index (χ2v) is 6.85. The molecule has 1 atom stereocenters. The lowest BCUT2D eigenvalue weighted by Crippen LogP contribution is -2.35. The molecular formula is C13H19FN2O2S. The zero-order chi connectivity index (χ0) is 13.9. The zero-order valence-corrected chi connectivity index (χ0v) is 11.8. The van der Waals surface area contributed by atoms with Gasteiger partial charge in [0.25, 0.3) is 0 Å². The average Bonchev–Trinajstić information content (AvgIpc) is 2.33. The summed E-state index contributed by atoms with van der Waals surface area (Å²) in [6.45, 7) is 3.41. The van der Waals surface area contributed by atoms with Crippen molar-refractivity contribution in [2.45, 2.75) is 19.8 Å². The van der Waals surface area contributed by atoms with E-state index in [1.165, 1.54) is 12.1 Å². The van der Waals surface area contributed by atoms with Gasteiger partial charge in [0.1, 0.15) is 5.82 Å². The lowest BCUT2D eigenvalue weighted by Gasteiger charge is -2.22. The lowest BCUT2D eigenvalue weighted by molar-refractivity contribution is 0.404. The molecule has 1 fully saturated rings. The molecule has 0 amide bonds. The Bertz CT molecular complexity index is 540. The van der Waals surface area contributed by atoms with Gasteiger partial charge < -0.3 is 5.32 Å². The summed E-state index contributed by atoms with van der Waals surface area (Å²) in [4.78, 5) is 0. The summed E-state index contributed by atoms with van der Waals surface area (Å²) in [6, 6.07) is 4.46. The third-order valence-corrected chi connectivity index (χ3v) is 4.69. The van der Waals surface area contributed by atoms with Crippen LogP contribution in [0.4, 0.5) is 10.1 Å². The zero-order valence-electron chi connectivity index (χ0n) is 10.9. The van der Waals surface area contributed by atoms with E-state index in [4.69, 9.17) is 0 Å². The van der Waals surface area contributed by atoms with Crippen molar-refractivity contribution in [2.75, 3.05) is 23.6 Å². The van der Waals surface area contributed by atoms with Crippen molar-refractivity contribution in [2.24, 2.45) is 5.92 Å². The van der Waals surface area contributed by atoms with E-state index in [1.807, 2.05) is 0 Å². The van der Waals surface area contributed by atoms with Crippen LogP contribution in [-0.2, 0) is 10.0 Å². The largest absolute Gasteiger partial charge is 0.316 e. The van der Waals surface area contributed by atoms with Crippen LogP contribution in [0.15, 0.2) is 18.2 Å². The third-order valence-electron chi connectivity index (χ3n) is 3.24. The normalized spacial score (nSPS) is 20.2. The van der Waals surface area contributed by atoms with Gasteiger partial charge in [-0.15, -0.1) is 0 Å². The molecule has 0 aliphatic carbocycles. The number of anilines is 1. The summed E-state index contributed by atoms with van der Waals surface area (Å²) in [5, 5.41) is 3.17. The molecule has 6 heteroatoms. The quantitative estimate of drug-likeness (QED) is 0.888. The molecule has 0 bridgehead atoms. The molecule has 1 aromatic carbocycles. The molecule has 0 saturated carbocycles. The molecule has 19 heavy (non-hydrogen) atoms. The van der Waals surface area contributed by atoms with Crippen LogP contribution in [0.2, 0.25) is 0 Å². The number of piperidine rings is 1. The predicted octanol–water partition coefficient (Wildman–Crippen LogP) is 1.88. The van der Waals surface area contributed by atoms with Crippen molar-refractivity contribution >= 4 is 15.7 Å². The van der Waals surface area contributed by atoms with Crippen LogP contribution in [0.25, 0.3) is 0 Å². The molecule has 1 heterocycles. The molecular weight excluding hydrogens is 267 g/mol.